The van der Waals surface area contributed by atoms with Gasteiger partial charge in [0.15, 0.2) is 23.9 Å². The van der Waals surface area contributed by atoms with Gasteiger partial charge in [-0.15, -0.1) is 0 Å². The number of hydrogen-bond donors (Lipinski definition) is 0. The van der Waals surface area contributed by atoms with E-state index in [9.17, 15) is 9.59 Å². The zero-order valence-corrected chi connectivity index (χ0v) is 29.9. The molecular weight excluding hydrogens is 691 g/mol. The number of benzene rings is 2. The SMILES string of the molecule is COc1ccc([C@H](Cc2c(Cl)c[nH+]cc2Cl)OC(=O)c2ccc(CN(C(=O)O[C@H]3CN4CCC3CC4)c3cccnc3)cc2)cc1OCC1CC1. The van der Waals surface area contributed by atoms with E-state index >= 15 is 0 Å². The van der Waals surface area contributed by atoms with Crippen LogP contribution in [0.3, 0.4) is 0 Å². The van der Waals surface area contributed by atoms with E-state index in [1.807, 2.05) is 36.4 Å². The Morgan fingerprint density at radius 1 is 1.00 bits per heavy atom. The van der Waals surface area contributed by atoms with Crippen molar-refractivity contribution >= 4 is 41.0 Å². The zero-order valence-electron chi connectivity index (χ0n) is 28.4. The second-order valence-electron chi connectivity index (χ2n) is 13.4. The third-order valence-electron chi connectivity index (χ3n) is 9.92. The van der Waals surface area contributed by atoms with Gasteiger partial charge in [-0.25, -0.2) is 14.6 Å². The van der Waals surface area contributed by atoms with Gasteiger partial charge >= 0.3 is 12.1 Å². The van der Waals surface area contributed by atoms with Crippen LogP contribution in [0.5, 0.6) is 11.5 Å². The number of hydrogen-bond acceptors (Lipinski definition) is 8. The lowest BCUT2D eigenvalue weighted by Crippen LogP contribution is -2.53. The molecule has 8 rings (SSSR count). The number of carbonyl (C=O) groups excluding carboxylic acids is 2. The van der Waals surface area contributed by atoms with Crippen LogP contribution in [-0.4, -0.2) is 61.4 Å². The molecule has 2 aromatic heterocycles. The lowest BCUT2D eigenvalue weighted by molar-refractivity contribution is -0.377. The molecule has 1 N–H and O–H groups in total. The van der Waals surface area contributed by atoms with Crippen LogP contribution in [0.25, 0.3) is 0 Å². The normalized spacial score (nSPS) is 19.9. The third kappa shape index (κ3) is 8.57. The number of halogens is 2. The number of H-pyrrole nitrogens is 1. The second kappa shape index (κ2) is 15.9. The van der Waals surface area contributed by atoms with Gasteiger partial charge in [0.1, 0.15) is 22.3 Å². The number of nitrogens with one attached hydrogen (secondary N) is 1. The average Bonchev–Trinajstić information content (AvgIpc) is 4.00. The van der Waals surface area contributed by atoms with Crippen LogP contribution < -0.4 is 19.4 Å². The van der Waals surface area contributed by atoms with Crippen molar-refractivity contribution in [1.82, 2.24) is 9.88 Å². The highest BCUT2D eigenvalue weighted by Gasteiger charge is 2.37. The maximum atomic E-state index is 13.7. The molecule has 12 heteroatoms. The monoisotopic (exact) mass is 731 g/mol. The van der Waals surface area contributed by atoms with Gasteiger partial charge in [0.2, 0.25) is 0 Å². The first kappa shape index (κ1) is 35.0. The van der Waals surface area contributed by atoms with Crippen LogP contribution in [0.4, 0.5) is 10.5 Å². The van der Waals surface area contributed by atoms with Crippen molar-refractivity contribution in [2.24, 2.45) is 11.8 Å². The smallest absolute Gasteiger partial charge is 0.414 e. The number of pyridine rings is 2. The summed E-state index contributed by atoms with van der Waals surface area (Å²) >= 11 is 13.1. The number of anilines is 1. The van der Waals surface area contributed by atoms with E-state index in [0.717, 1.165) is 50.9 Å². The van der Waals surface area contributed by atoms with Crippen molar-refractivity contribution in [2.45, 2.75) is 50.9 Å². The summed E-state index contributed by atoms with van der Waals surface area (Å²) in [5.74, 6) is 1.58. The minimum absolute atomic E-state index is 0.130. The maximum absolute atomic E-state index is 13.7. The minimum Gasteiger partial charge on any atom is -0.493 e. The summed E-state index contributed by atoms with van der Waals surface area (Å²) in [7, 11) is 1.59. The van der Waals surface area contributed by atoms with Gasteiger partial charge in [0.05, 0.1) is 37.7 Å². The number of esters is 1. The Balaban J connectivity index is 1.09. The first-order valence-electron chi connectivity index (χ1n) is 17.4. The fraction of sp³-hybridized carbons (Fsp3) is 0.385. The van der Waals surface area contributed by atoms with Gasteiger partial charge in [-0.05, 0) is 98.1 Å². The van der Waals surface area contributed by atoms with Crippen LogP contribution in [0.1, 0.15) is 58.8 Å². The molecule has 3 saturated heterocycles. The topological polar surface area (TPSA) is 105 Å². The molecule has 5 heterocycles. The second-order valence-corrected chi connectivity index (χ2v) is 14.3. The largest absolute Gasteiger partial charge is 0.493 e. The number of rotatable bonds is 13. The molecule has 4 aliphatic rings. The molecule has 51 heavy (non-hydrogen) atoms. The van der Waals surface area contributed by atoms with Gasteiger partial charge < -0.3 is 18.9 Å². The molecule has 2 bridgehead atoms. The molecule has 4 fully saturated rings. The minimum atomic E-state index is -0.744. The predicted molar refractivity (Wildman–Crippen MR) is 192 cm³/mol. The molecule has 0 radical (unpaired) electrons. The quantitative estimate of drug-likeness (QED) is 0.131. The van der Waals surface area contributed by atoms with Crippen molar-refractivity contribution in [3.8, 4) is 11.5 Å². The first-order chi connectivity index (χ1) is 24.8. The molecule has 266 valence electrons. The molecule has 3 aliphatic heterocycles. The standard InChI is InChI=1S/C39H40Cl2N4O6/c1-48-34-11-10-29(17-36(34)49-24-26-4-5-26)35(18-31-32(40)20-43-21-33(31)41)50-38(46)28-8-6-25(7-9-28)22-45(30-3-2-14-42-19-30)39(47)51-37-23-44-15-12-27(37)13-16-44/h2-3,6-11,14,17,19-21,26-27,35,37H,4-5,12-13,15-16,18,22-24H2,1H3/p+1/t35-,37-/m0/s1. The molecule has 2 atom stereocenters. The average molecular weight is 733 g/mol. The summed E-state index contributed by atoms with van der Waals surface area (Å²) in [5, 5.41) is 0.855. The molecule has 0 spiro atoms. The Hall–Kier alpha value is -4.38. The number of aromatic amines is 1. The van der Waals surface area contributed by atoms with E-state index in [0.29, 0.717) is 62.4 Å². The highest BCUT2D eigenvalue weighted by atomic mass is 35.5. The van der Waals surface area contributed by atoms with E-state index in [-0.39, 0.29) is 19.1 Å². The Morgan fingerprint density at radius 2 is 1.76 bits per heavy atom. The summed E-state index contributed by atoms with van der Waals surface area (Å²) in [5.41, 5.74) is 3.14. The fourth-order valence-corrected chi connectivity index (χ4v) is 7.25. The number of ether oxygens (including phenoxy) is 4. The van der Waals surface area contributed by atoms with Gasteiger partial charge in [0.25, 0.3) is 0 Å². The number of carbonyl (C=O) groups is 2. The van der Waals surface area contributed by atoms with E-state index < -0.39 is 18.2 Å². The molecule has 4 aromatic rings. The predicted octanol–water partition coefficient (Wildman–Crippen LogP) is 7.38. The highest BCUT2D eigenvalue weighted by molar-refractivity contribution is 6.35. The van der Waals surface area contributed by atoms with Crippen molar-refractivity contribution in [1.29, 1.82) is 0 Å². The van der Waals surface area contributed by atoms with Gasteiger partial charge in [-0.3, -0.25) is 14.8 Å². The van der Waals surface area contributed by atoms with E-state index in [2.05, 4.69) is 14.9 Å². The van der Waals surface area contributed by atoms with Crippen molar-refractivity contribution in [3.63, 3.8) is 0 Å². The van der Waals surface area contributed by atoms with Crippen LogP contribution in [0.15, 0.2) is 79.4 Å². The zero-order chi connectivity index (χ0) is 35.3. The fourth-order valence-electron chi connectivity index (χ4n) is 6.72. The summed E-state index contributed by atoms with van der Waals surface area (Å²) in [6.45, 7) is 3.72. The van der Waals surface area contributed by atoms with Gasteiger partial charge in [-0.1, -0.05) is 41.4 Å². The summed E-state index contributed by atoms with van der Waals surface area (Å²) in [6, 6.07) is 16.2. The molecule has 2 aromatic carbocycles. The Morgan fingerprint density at radius 3 is 2.41 bits per heavy atom. The molecule has 10 nitrogen and oxygen atoms in total. The molecule has 1 saturated carbocycles. The summed E-state index contributed by atoms with van der Waals surface area (Å²) in [6.07, 6.45) is 9.91. The Bertz CT molecular complexity index is 1810. The summed E-state index contributed by atoms with van der Waals surface area (Å²) < 4.78 is 23.9. The van der Waals surface area contributed by atoms with Crippen LogP contribution in [-0.2, 0) is 22.4 Å². The van der Waals surface area contributed by atoms with Gasteiger partial charge in [0, 0.05) is 24.7 Å². The van der Waals surface area contributed by atoms with Crippen molar-refractivity contribution in [2.75, 3.05) is 38.3 Å². The van der Waals surface area contributed by atoms with Crippen LogP contribution in [0, 0.1) is 11.8 Å². The number of methoxy groups -OCH3 is 1. The lowest BCUT2D eigenvalue weighted by atomic mass is 9.86. The number of aromatic nitrogens is 2. The third-order valence-corrected chi connectivity index (χ3v) is 10.6. The highest BCUT2D eigenvalue weighted by Crippen LogP contribution is 2.37. The van der Waals surface area contributed by atoms with Gasteiger partial charge in [-0.2, -0.15) is 0 Å². The van der Waals surface area contributed by atoms with Crippen LogP contribution >= 0.6 is 23.2 Å². The number of piperidine rings is 3. The first-order valence-corrected chi connectivity index (χ1v) is 18.2. The Kier molecular flexibility index (Phi) is 10.9. The Labute approximate surface area is 307 Å². The number of nitrogens with zero attached hydrogens (tertiary/aromatic N) is 3. The van der Waals surface area contributed by atoms with Crippen LogP contribution in [0.2, 0.25) is 10.0 Å². The number of amides is 1. The molecule has 1 aliphatic carbocycles. The molecule has 1 amide bonds. The maximum Gasteiger partial charge on any atom is 0.414 e. The van der Waals surface area contributed by atoms with E-state index in [1.54, 1.807) is 55.0 Å². The van der Waals surface area contributed by atoms with Crippen molar-refractivity contribution < 1.29 is 33.5 Å². The van der Waals surface area contributed by atoms with Crippen molar-refractivity contribution in [3.05, 3.63) is 112 Å². The summed E-state index contributed by atoms with van der Waals surface area (Å²) in [4.78, 5) is 38.4. The van der Waals surface area contributed by atoms with E-state index in [1.165, 1.54) is 0 Å². The van der Waals surface area contributed by atoms with E-state index in [4.69, 9.17) is 42.1 Å². The lowest BCUT2D eigenvalue weighted by Gasteiger charge is -2.44. The molecular formula is C39H41Cl2N4O6+. The number of fused-ring (bicyclic) bond motifs is 3. The molecule has 0 unspecified atom stereocenters.